The SMILES string of the molecule is Cc1ccc(CNC(=O)C2CCC(CN(Cc3cc(F)cc(F)c3)S(=O)(=O)c3ccccc3)CC2)cc1. The molecule has 1 saturated carbocycles. The van der Waals surface area contributed by atoms with Crippen LogP contribution in [0.15, 0.2) is 77.7 Å². The lowest BCUT2D eigenvalue weighted by Gasteiger charge is -2.32. The van der Waals surface area contributed by atoms with Crippen molar-refractivity contribution >= 4 is 15.9 Å². The Hall–Kier alpha value is -3.10. The van der Waals surface area contributed by atoms with Crippen LogP contribution in [0.3, 0.4) is 0 Å². The van der Waals surface area contributed by atoms with Crippen LogP contribution in [0, 0.1) is 30.4 Å². The first-order valence-electron chi connectivity index (χ1n) is 12.5. The normalized spacial score (nSPS) is 18.1. The molecule has 1 amide bonds. The number of carbonyl (C=O) groups is 1. The number of halogens is 2. The molecule has 0 bridgehead atoms. The number of hydrogen-bond donors (Lipinski definition) is 1. The van der Waals surface area contributed by atoms with E-state index in [4.69, 9.17) is 0 Å². The maximum absolute atomic E-state index is 13.8. The van der Waals surface area contributed by atoms with E-state index in [0.29, 0.717) is 32.2 Å². The number of rotatable bonds is 9. The highest BCUT2D eigenvalue weighted by molar-refractivity contribution is 7.89. The standard InChI is InChI=1S/C29H32F2N2O3S/c1-21-7-9-22(10-8-21)18-32-29(34)25-13-11-23(12-14-25)19-33(20-24-15-26(30)17-27(31)16-24)37(35,36)28-5-3-2-4-6-28/h2-10,15-17,23,25H,11-14,18-20H2,1H3,(H,32,34). The quantitative estimate of drug-likeness (QED) is 0.396. The van der Waals surface area contributed by atoms with Crippen molar-refractivity contribution in [2.75, 3.05) is 6.54 Å². The van der Waals surface area contributed by atoms with E-state index >= 15 is 0 Å². The van der Waals surface area contributed by atoms with Gasteiger partial charge >= 0.3 is 0 Å². The predicted octanol–water partition coefficient (Wildman–Crippen LogP) is 5.59. The molecule has 0 spiro atoms. The third-order valence-electron chi connectivity index (χ3n) is 6.93. The van der Waals surface area contributed by atoms with E-state index in [1.54, 1.807) is 18.2 Å². The molecule has 5 nitrogen and oxygen atoms in total. The lowest BCUT2D eigenvalue weighted by atomic mass is 9.81. The summed E-state index contributed by atoms with van der Waals surface area (Å²) in [6.45, 7) is 2.58. The highest BCUT2D eigenvalue weighted by atomic mass is 32.2. The first kappa shape index (κ1) is 26.9. The average Bonchev–Trinajstić information content (AvgIpc) is 2.88. The summed E-state index contributed by atoms with van der Waals surface area (Å²) < 4.78 is 55.9. The van der Waals surface area contributed by atoms with Gasteiger partial charge in [0, 0.05) is 31.6 Å². The average molecular weight is 527 g/mol. The zero-order valence-electron chi connectivity index (χ0n) is 20.9. The Morgan fingerprint density at radius 2 is 1.51 bits per heavy atom. The van der Waals surface area contributed by atoms with Gasteiger partial charge in [0.05, 0.1) is 4.90 Å². The molecule has 0 saturated heterocycles. The van der Waals surface area contributed by atoms with Crippen LogP contribution in [0.2, 0.25) is 0 Å². The zero-order valence-corrected chi connectivity index (χ0v) is 21.7. The van der Waals surface area contributed by atoms with E-state index in [1.165, 1.54) is 22.0 Å². The van der Waals surface area contributed by atoms with Crippen LogP contribution in [0.25, 0.3) is 0 Å². The minimum Gasteiger partial charge on any atom is -0.352 e. The smallest absolute Gasteiger partial charge is 0.243 e. The third-order valence-corrected chi connectivity index (χ3v) is 8.75. The predicted molar refractivity (Wildman–Crippen MR) is 139 cm³/mol. The van der Waals surface area contributed by atoms with E-state index in [-0.39, 0.29) is 41.3 Å². The molecule has 0 atom stereocenters. The fourth-order valence-corrected chi connectivity index (χ4v) is 6.36. The maximum Gasteiger partial charge on any atom is 0.243 e. The zero-order chi connectivity index (χ0) is 26.4. The molecule has 1 fully saturated rings. The number of nitrogens with zero attached hydrogens (tertiary/aromatic N) is 1. The molecule has 0 aromatic heterocycles. The summed E-state index contributed by atoms with van der Waals surface area (Å²) in [5.41, 5.74) is 2.46. The molecule has 1 aliphatic rings. The summed E-state index contributed by atoms with van der Waals surface area (Å²) in [6.07, 6.45) is 2.72. The van der Waals surface area contributed by atoms with Crippen molar-refractivity contribution in [3.63, 3.8) is 0 Å². The monoisotopic (exact) mass is 526 g/mol. The van der Waals surface area contributed by atoms with Gasteiger partial charge in [-0.05, 0) is 73.9 Å². The summed E-state index contributed by atoms with van der Waals surface area (Å²) in [5.74, 6) is -1.55. The Morgan fingerprint density at radius 1 is 0.892 bits per heavy atom. The molecule has 1 N–H and O–H groups in total. The number of hydrogen-bond acceptors (Lipinski definition) is 3. The number of sulfonamides is 1. The van der Waals surface area contributed by atoms with Crippen LogP contribution in [-0.4, -0.2) is 25.2 Å². The Balaban J connectivity index is 1.40. The molecule has 0 heterocycles. The van der Waals surface area contributed by atoms with Gasteiger partial charge in [0.1, 0.15) is 11.6 Å². The minimum atomic E-state index is -3.89. The van der Waals surface area contributed by atoms with E-state index in [1.807, 2.05) is 31.2 Å². The first-order valence-corrected chi connectivity index (χ1v) is 14.0. The highest BCUT2D eigenvalue weighted by Crippen LogP contribution is 2.31. The van der Waals surface area contributed by atoms with Gasteiger partial charge in [-0.3, -0.25) is 4.79 Å². The van der Waals surface area contributed by atoms with Crippen molar-refractivity contribution in [1.29, 1.82) is 0 Å². The summed E-state index contributed by atoms with van der Waals surface area (Å²) in [4.78, 5) is 12.9. The van der Waals surface area contributed by atoms with E-state index < -0.39 is 21.7 Å². The van der Waals surface area contributed by atoms with Gasteiger partial charge < -0.3 is 5.32 Å². The second-order valence-electron chi connectivity index (χ2n) is 9.81. The third kappa shape index (κ3) is 7.23. The Labute approximate surface area is 217 Å². The van der Waals surface area contributed by atoms with E-state index in [9.17, 15) is 22.0 Å². The lowest BCUT2D eigenvalue weighted by molar-refractivity contribution is -0.126. The van der Waals surface area contributed by atoms with Gasteiger partial charge in [-0.25, -0.2) is 17.2 Å². The number of benzene rings is 3. The van der Waals surface area contributed by atoms with Crippen LogP contribution >= 0.6 is 0 Å². The van der Waals surface area contributed by atoms with Gasteiger partial charge in [0.2, 0.25) is 15.9 Å². The van der Waals surface area contributed by atoms with Gasteiger partial charge in [0.25, 0.3) is 0 Å². The molecule has 0 radical (unpaired) electrons. The number of amides is 1. The van der Waals surface area contributed by atoms with Crippen molar-refractivity contribution in [2.24, 2.45) is 11.8 Å². The second kappa shape index (κ2) is 12.0. The largest absolute Gasteiger partial charge is 0.352 e. The highest BCUT2D eigenvalue weighted by Gasteiger charge is 2.31. The molecule has 0 unspecified atom stereocenters. The molecule has 8 heteroatoms. The van der Waals surface area contributed by atoms with Gasteiger partial charge in [-0.15, -0.1) is 0 Å². The van der Waals surface area contributed by atoms with E-state index in [0.717, 1.165) is 23.8 Å². The Morgan fingerprint density at radius 3 is 2.14 bits per heavy atom. The summed E-state index contributed by atoms with van der Waals surface area (Å²) in [7, 11) is -3.89. The van der Waals surface area contributed by atoms with Crippen LogP contribution in [0.4, 0.5) is 8.78 Å². The fraction of sp³-hybridized carbons (Fsp3) is 0.345. The number of aryl methyl sites for hydroxylation is 1. The molecule has 196 valence electrons. The van der Waals surface area contributed by atoms with Crippen molar-refractivity contribution in [3.8, 4) is 0 Å². The van der Waals surface area contributed by atoms with Gasteiger partial charge in [-0.1, -0.05) is 48.0 Å². The molecular weight excluding hydrogens is 494 g/mol. The van der Waals surface area contributed by atoms with Crippen molar-refractivity contribution in [2.45, 2.75) is 50.6 Å². The van der Waals surface area contributed by atoms with E-state index in [2.05, 4.69) is 5.32 Å². The molecule has 3 aromatic carbocycles. The van der Waals surface area contributed by atoms with Gasteiger partial charge in [0.15, 0.2) is 0 Å². The van der Waals surface area contributed by atoms with Crippen molar-refractivity contribution in [1.82, 2.24) is 9.62 Å². The first-order chi connectivity index (χ1) is 17.7. The number of carbonyl (C=O) groups excluding carboxylic acids is 1. The topological polar surface area (TPSA) is 66.5 Å². The van der Waals surface area contributed by atoms with Crippen LogP contribution in [0.1, 0.15) is 42.4 Å². The van der Waals surface area contributed by atoms with Crippen LogP contribution in [-0.2, 0) is 27.9 Å². The van der Waals surface area contributed by atoms with Crippen molar-refractivity contribution < 1.29 is 22.0 Å². The fourth-order valence-electron chi connectivity index (χ4n) is 4.83. The second-order valence-corrected chi connectivity index (χ2v) is 11.7. The summed E-state index contributed by atoms with van der Waals surface area (Å²) in [5, 5.41) is 3.02. The molecule has 1 aliphatic carbocycles. The summed E-state index contributed by atoms with van der Waals surface area (Å²) >= 11 is 0. The van der Waals surface area contributed by atoms with Crippen LogP contribution < -0.4 is 5.32 Å². The van der Waals surface area contributed by atoms with Gasteiger partial charge in [-0.2, -0.15) is 4.31 Å². The molecule has 0 aliphatic heterocycles. The molecular formula is C29H32F2N2O3S. The summed E-state index contributed by atoms with van der Waals surface area (Å²) in [6, 6.07) is 19.2. The van der Waals surface area contributed by atoms with Crippen molar-refractivity contribution in [3.05, 3.63) is 101 Å². The number of nitrogens with one attached hydrogen (secondary N) is 1. The lowest BCUT2D eigenvalue weighted by Crippen LogP contribution is -2.38. The maximum atomic E-state index is 13.8. The minimum absolute atomic E-state index is 0.0167. The Bertz CT molecular complexity index is 1290. The Kier molecular flexibility index (Phi) is 8.71. The van der Waals surface area contributed by atoms with Crippen LogP contribution in [0.5, 0.6) is 0 Å². The molecule has 37 heavy (non-hydrogen) atoms. The molecule has 3 aromatic rings. The molecule has 4 rings (SSSR count).